The zero-order valence-electron chi connectivity index (χ0n) is 18.4. The zero-order valence-corrected chi connectivity index (χ0v) is 18.4. The second-order valence-electron chi connectivity index (χ2n) is 8.50. The Hall–Kier alpha value is -2.94. The summed E-state index contributed by atoms with van der Waals surface area (Å²) < 4.78 is 10.5. The molecule has 0 unspecified atom stereocenters. The summed E-state index contributed by atoms with van der Waals surface area (Å²) in [6.07, 6.45) is 9.05. The molecule has 1 saturated heterocycles. The number of carbonyl (C=O) groups excluding carboxylic acids is 2. The van der Waals surface area contributed by atoms with Crippen molar-refractivity contribution in [2.24, 2.45) is 0 Å². The third-order valence-electron chi connectivity index (χ3n) is 4.76. The number of carbonyl (C=O) groups is 2. The van der Waals surface area contributed by atoms with E-state index in [1.807, 2.05) is 12.4 Å². The van der Waals surface area contributed by atoms with Crippen LogP contribution < -0.4 is 15.5 Å². The second-order valence-corrected chi connectivity index (χ2v) is 8.50. The van der Waals surface area contributed by atoms with Crippen LogP contribution in [0.15, 0.2) is 30.1 Å². The van der Waals surface area contributed by atoms with Crippen LogP contribution >= 0.6 is 0 Å². The van der Waals surface area contributed by atoms with Gasteiger partial charge in [-0.3, -0.25) is 4.79 Å². The highest BCUT2D eigenvalue weighted by molar-refractivity contribution is 5.82. The standard InChI is InChI=1S/C22H31N5O4/c1-22(2,3)31-21(29)26-15-19(28)23-12-16-5-4-6-17(11-16)18-13-24-20(25-14-18)27-7-9-30-10-8-27/h6,11,13-14H,4-5,7-10,12,15H2,1-3H3,(H,23,28)(H,26,29). The van der Waals surface area contributed by atoms with Gasteiger partial charge in [-0.1, -0.05) is 17.7 Å². The molecule has 168 valence electrons. The van der Waals surface area contributed by atoms with Crippen LogP contribution in [0.3, 0.4) is 0 Å². The minimum atomic E-state index is -0.606. The van der Waals surface area contributed by atoms with Gasteiger partial charge < -0.3 is 25.0 Å². The molecule has 3 rings (SSSR count). The van der Waals surface area contributed by atoms with Crippen molar-refractivity contribution in [3.8, 4) is 0 Å². The van der Waals surface area contributed by atoms with Crippen molar-refractivity contribution in [1.29, 1.82) is 0 Å². The van der Waals surface area contributed by atoms with Crippen molar-refractivity contribution >= 4 is 23.5 Å². The topological polar surface area (TPSA) is 106 Å². The molecule has 0 saturated carbocycles. The Morgan fingerprint density at radius 1 is 1.16 bits per heavy atom. The molecule has 1 aromatic rings. The van der Waals surface area contributed by atoms with Crippen LogP contribution in [0.25, 0.3) is 5.57 Å². The highest BCUT2D eigenvalue weighted by Gasteiger charge is 2.17. The molecule has 9 nitrogen and oxygen atoms in total. The number of aromatic nitrogens is 2. The molecule has 0 bridgehead atoms. The highest BCUT2D eigenvalue weighted by atomic mass is 16.6. The number of hydrogen-bond acceptors (Lipinski definition) is 7. The fraction of sp³-hybridized carbons (Fsp3) is 0.545. The number of amides is 2. The van der Waals surface area contributed by atoms with Gasteiger partial charge in [-0.2, -0.15) is 0 Å². The van der Waals surface area contributed by atoms with E-state index in [2.05, 4.69) is 37.7 Å². The van der Waals surface area contributed by atoms with Crippen LogP contribution in [0.4, 0.5) is 10.7 Å². The number of alkyl carbamates (subject to hydrolysis) is 1. The first-order valence-electron chi connectivity index (χ1n) is 10.6. The summed E-state index contributed by atoms with van der Waals surface area (Å²) in [5.74, 6) is 0.457. The lowest BCUT2D eigenvalue weighted by molar-refractivity contribution is -0.120. The van der Waals surface area contributed by atoms with E-state index in [-0.39, 0.29) is 12.5 Å². The largest absolute Gasteiger partial charge is 0.444 e. The van der Waals surface area contributed by atoms with Crippen molar-refractivity contribution in [2.45, 2.75) is 39.2 Å². The SMILES string of the molecule is CC(C)(C)OC(=O)NCC(=O)NCC1=CC(c2cnc(N3CCOCC3)nc2)=CCC1. The van der Waals surface area contributed by atoms with Crippen LogP contribution in [0.5, 0.6) is 0 Å². The number of ether oxygens (including phenoxy) is 2. The summed E-state index contributed by atoms with van der Waals surface area (Å²) in [6, 6.07) is 0. The van der Waals surface area contributed by atoms with E-state index in [1.165, 1.54) is 0 Å². The van der Waals surface area contributed by atoms with Gasteiger partial charge in [0, 0.05) is 37.6 Å². The molecule has 0 atom stereocenters. The summed E-state index contributed by atoms with van der Waals surface area (Å²) in [6.45, 7) is 8.62. The Labute approximate surface area is 182 Å². The predicted molar refractivity (Wildman–Crippen MR) is 118 cm³/mol. The minimum absolute atomic E-state index is 0.123. The Morgan fingerprint density at radius 3 is 2.55 bits per heavy atom. The van der Waals surface area contributed by atoms with E-state index in [0.717, 1.165) is 48.6 Å². The average molecular weight is 430 g/mol. The van der Waals surface area contributed by atoms with Crippen LogP contribution in [-0.2, 0) is 14.3 Å². The Morgan fingerprint density at radius 2 is 1.87 bits per heavy atom. The van der Waals surface area contributed by atoms with Crippen molar-refractivity contribution in [2.75, 3.05) is 44.3 Å². The van der Waals surface area contributed by atoms with E-state index < -0.39 is 11.7 Å². The molecule has 2 amide bonds. The van der Waals surface area contributed by atoms with E-state index in [9.17, 15) is 9.59 Å². The van der Waals surface area contributed by atoms with Gasteiger partial charge in [-0.05, 0) is 39.2 Å². The van der Waals surface area contributed by atoms with Gasteiger partial charge in [-0.25, -0.2) is 14.8 Å². The van der Waals surface area contributed by atoms with Gasteiger partial charge in [0.05, 0.1) is 13.2 Å². The van der Waals surface area contributed by atoms with Crippen molar-refractivity contribution in [3.63, 3.8) is 0 Å². The van der Waals surface area contributed by atoms with Crippen LogP contribution in [0.2, 0.25) is 0 Å². The van der Waals surface area contributed by atoms with Gasteiger partial charge in [-0.15, -0.1) is 0 Å². The quantitative estimate of drug-likeness (QED) is 0.713. The normalized spacial score (nSPS) is 16.8. The monoisotopic (exact) mass is 429 g/mol. The number of anilines is 1. The maximum atomic E-state index is 12.0. The Balaban J connectivity index is 1.49. The molecule has 31 heavy (non-hydrogen) atoms. The molecule has 2 aliphatic rings. The summed E-state index contributed by atoms with van der Waals surface area (Å²) in [4.78, 5) is 34.8. The van der Waals surface area contributed by atoms with E-state index >= 15 is 0 Å². The number of hydrogen-bond donors (Lipinski definition) is 2. The summed E-state index contributed by atoms with van der Waals surface area (Å²) in [5, 5.41) is 5.30. The minimum Gasteiger partial charge on any atom is -0.444 e. The van der Waals surface area contributed by atoms with Gasteiger partial charge in [0.2, 0.25) is 11.9 Å². The molecule has 1 aromatic heterocycles. The fourth-order valence-electron chi connectivity index (χ4n) is 3.24. The predicted octanol–water partition coefficient (Wildman–Crippen LogP) is 2.06. The van der Waals surface area contributed by atoms with Crippen LogP contribution in [0.1, 0.15) is 39.2 Å². The van der Waals surface area contributed by atoms with E-state index in [1.54, 1.807) is 20.8 Å². The summed E-state index contributed by atoms with van der Waals surface area (Å²) >= 11 is 0. The van der Waals surface area contributed by atoms with Crippen molar-refractivity contribution in [3.05, 3.63) is 35.7 Å². The smallest absolute Gasteiger partial charge is 0.408 e. The molecule has 9 heteroatoms. The lowest BCUT2D eigenvalue weighted by Crippen LogP contribution is -2.40. The molecule has 0 aromatic carbocycles. The van der Waals surface area contributed by atoms with Gasteiger partial charge in [0.15, 0.2) is 0 Å². The number of nitrogens with one attached hydrogen (secondary N) is 2. The van der Waals surface area contributed by atoms with Crippen LogP contribution in [0, 0.1) is 0 Å². The van der Waals surface area contributed by atoms with Crippen molar-refractivity contribution < 1.29 is 19.1 Å². The first-order chi connectivity index (χ1) is 14.8. The van der Waals surface area contributed by atoms with Gasteiger partial charge in [0.25, 0.3) is 0 Å². The molecule has 2 N–H and O–H groups in total. The maximum absolute atomic E-state index is 12.0. The zero-order chi connectivity index (χ0) is 22.3. The van der Waals surface area contributed by atoms with Gasteiger partial charge >= 0.3 is 6.09 Å². The van der Waals surface area contributed by atoms with Crippen LogP contribution in [-0.4, -0.2) is 67.0 Å². The summed E-state index contributed by atoms with van der Waals surface area (Å²) in [7, 11) is 0. The molecule has 0 spiro atoms. The van der Waals surface area contributed by atoms with Gasteiger partial charge in [0.1, 0.15) is 12.1 Å². The Kier molecular flexibility index (Phi) is 7.62. The Bertz CT molecular complexity index is 836. The fourth-order valence-corrected chi connectivity index (χ4v) is 3.24. The first kappa shape index (κ1) is 22.7. The number of allylic oxidation sites excluding steroid dienone is 3. The van der Waals surface area contributed by atoms with Crippen molar-refractivity contribution in [1.82, 2.24) is 20.6 Å². The lowest BCUT2D eigenvalue weighted by atomic mass is 9.96. The summed E-state index contributed by atoms with van der Waals surface area (Å²) in [5.41, 5.74) is 2.52. The first-order valence-corrected chi connectivity index (χ1v) is 10.6. The number of morpholine rings is 1. The third kappa shape index (κ3) is 7.36. The highest BCUT2D eigenvalue weighted by Crippen LogP contribution is 2.25. The lowest BCUT2D eigenvalue weighted by Gasteiger charge is -2.26. The van der Waals surface area contributed by atoms with E-state index in [4.69, 9.17) is 9.47 Å². The number of nitrogens with zero attached hydrogens (tertiary/aromatic N) is 3. The maximum Gasteiger partial charge on any atom is 0.408 e. The number of rotatable bonds is 6. The molecule has 1 aliphatic carbocycles. The third-order valence-corrected chi connectivity index (χ3v) is 4.76. The average Bonchev–Trinajstić information content (AvgIpc) is 2.76. The molecule has 0 radical (unpaired) electrons. The van der Waals surface area contributed by atoms with E-state index in [0.29, 0.717) is 19.8 Å². The molecular weight excluding hydrogens is 398 g/mol. The second kappa shape index (κ2) is 10.4. The molecule has 1 fully saturated rings. The molecule has 1 aliphatic heterocycles. The molecular formula is C22H31N5O4. The molecule has 2 heterocycles.